The number of hydrogen-bond donors (Lipinski definition) is 0. The third-order valence-electron chi connectivity index (χ3n) is 5.96. The Bertz CT molecular complexity index is 1190. The van der Waals surface area contributed by atoms with E-state index in [1.807, 2.05) is 0 Å². The van der Waals surface area contributed by atoms with Crippen molar-refractivity contribution in [3.63, 3.8) is 0 Å². The Hall–Kier alpha value is -2.66. The van der Waals surface area contributed by atoms with Crippen LogP contribution in [-0.4, -0.2) is 53.6 Å². The summed E-state index contributed by atoms with van der Waals surface area (Å²) in [6.45, 7) is 4.95. The van der Waals surface area contributed by atoms with E-state index in [9.17, 15) is 35.9 Å². The van der Waals surface area contributed by atoms with Crippen LogP contribution in [0.15, 0.2) is 36.4 Å². The maximum Gasteiger partial charge on any atom is 0.416 e. The highest BCUT2D eigenvalue weighted by Crippen LogP contribution is 2.38. The number of likely N-dealkylation sites (N-methyl/N-ethyl adjacent to an activating group) is 1. The van der Waals surface area contributed by atoms with Gasteiger partial charge in [-0.15, -0.1) is 0 Å². The minimum absolute atomic E-state index is 0.0465. The summed E-state index contributed by atoms with van der Waals surface area (Å²) in [4.78, 5) is 28.4. The van der Waals surface area contributed by atoms with E-state index in [2.05, 4.69) is 0 Å². The first-order valence-electron chi connectivity index (χ1n) is 11.3. The molecule has 0 N–H and O–H groups in total. The number of nitrogens with zero attached hydrogens (tertiary/aromatic N) is 2. The molecule has 1 aliphatic rings. The fraction of sp³-hybridized carbons (Fsp3) is 0.440. The Labute approximate surface area is 225 Å². The van der Waals surface area contributed by atoms with Gasteiger partial charge in [0, 0.05) is 31.6 Å². The van der Waals surface area contributed by atoms with E-state index in [4.69, 9.17) is 27.9 Å². The van der Waals surface area contributed by atoms with Gasteiger partial charge in [-0.05, 0) is 56.7 Å². The van der Waals surface area contributed by atoms with Crippen LogP contribution < -0.4 is 0 Å². The summed E-state index contributed by atoms with van der Waals surface area (Å²) >= 11 is 12.2. The lowest BCUT2D eigenvalue weighted by Crippen LogP contribution is -2.42. The third kappa shape index (κ3) is 6.85. The van der Waals surface area contributed by atoms with Crippen LogP contribution in [0, 0.1) is 0 Å². The SMILES string of the molecule is CN(C(=O)c1cc(C(F)(F)F)cc(C(F)(F)F)c1)[C@@H]1CN(C(=O)OC(C)(C)C)C[C@@H]1c1ccc(Cl)c(Cl)c1. The van der Waals surface area contributed by atoms with Crippen molar-refractivity contribution >= 4 is 35.2 Å². The first-order chi connectivity index (χ1) is 17.3. The lowest BCUT2D eigenvalue weighted by atomic mass is 9.93. The van der Waals surface area contributed by atoms with E-state index >= 15 is 0 Å². The molecule has 1 saturated heterocycles. The van der Waals surface area contributed by atoms with E-state index < -0.39 is 58.6 Å². The molecule has 2 aromatic rings. The molecular formula is C25H24Cl2F6N2O3. The summed E-state index contributed by atoms with van der Waals surface area (Å²) in [5.74, 6) is -1.68. The zero-order valence-electron chi connectivity index (χ0n) is 20.7. The molecule has 0 aliphatic carbocycles. The van der Waals surface area contributed by atoms with Crippen LogP contribution in [-0.2, 0) is 17.1 Å². The second-order valence-corrected chi connectivity index (χ2v) is 10.8. The average molecular weight is 585 g/mol. The molecule has 0 bridgehead atoms. The van der Waals surface area contributed by atoms with E-state index in [0.717, 1.165) is 4.90 Å². The maximum absolute atomic E-state index is 13.4. The molecule has 0 aromatic heterocycles. The van der Waals surface area contributed by atoms with E-state index in [-0.39, 0.29) is 29.2 Å². The highest BCUT2D eigenvalue weighted by atomic mass is 35.5. The van der Waals surface area contributed by atoms with E-state index in [1.165, 1.54) is 24.1 Å². The van der Waals surface area contributed by atoms with Crippen molar-refractivity contribution in [2.45, 2.75) is 50.7 Å². The predicted molar refractivity (Wildman–Crippen MR) is 129 cm³/mol. The molecule has 0 saturated carbocycles. The predicted octanol–water partition coefficient (Wildman–Crippen LogP) is 7.51. The van der Waals surface area contributed by atoms with Crippen molar-refractivity contribution in [2.75, 3.05) is 20.1 Å². The van der Waals surface area contributed by atoms with Crippen LogP contribution in [0.2, 0.25) is 10.0 Å². The maximum atomic E-state index is 13.4. The molecule has 0 unspecified atom stereocenters. The topological polar surface area (TPSA) is 49.9 Å². The summed E-state index contributed by atoms with van der Waals surface area (Å²) in [5.41, 5.74) is -4.27. The highest BCUT2D eigenvalue weighted by molar-refractivity contribution is 6.42. The molecule has 1 aliphatic heterocycles. The minimum Gasteiger partial charge on any atom is -0.444 e. The number of halogens is 8. The Balaban J connectivity index is 2.02. The number of hydrogen-bond acceptors (Lipinski definition) is 3. The second-order valence-electron chi connectivity index (χ2n) is 9.94. The van der Waals surface area contributed by atoms with Crippen molar-refractivity contribution in [2.24, 2.45) is 0 Å². The fourth-order valence-corrected chi connectivity index (χ4v) is 4.46. The van der Waals surface area contributed by atoms with E-state index in [0.29, 0.717) is 17.7 Å². The van der Waals surface area contributed by atoms with Gasteiger partial charge in [-0.2, -0.15) is 26.3 Å². The van der Waals surface area contributed by atoms with Crippen molar-refractivity contribution in [3.8, 4) is 0 Å². The van der Waals surface area contributed by atoms with Crippen LogP contribution >= 0.6 is 23.2 Å². The number of carbonyl (C=O) groups excluding carboxylic acids is 2. The zero-order valence-corrected chi connectivity index (χ0v) is 22.2. The Morgan fingerprint density at radius 2 is 1.45 bits per heavy atom. The van der Waals surface area contributed by atoms with Gasteiger partial charge in [-0.1, -0.05) is 29.3 Å². The summed E-state index contributed by atoms with van der Waals surface area (Å²) in [5, 5.41) is 0.447. The van der Waals surface area contributed by atoms with E-state index in [1.54, 1.807) is 26.8 Å². The summed E-state index contributed by atoms with van der Waals surface area (Å²) in [7, 11) is 1.25. The lowest BCUT2D eigenvalue weighted by Gasteiger charge is -2.30. The minimum atomic E-state index is -5.11. The number of rotatable bonds is 3. The third-order valence-corrected chi connectivity index (χ3v) is 6.70. The Morgan fingerprint density at radius 1 is 0.895 bits per heavy atom. The van der Waals surface area contributed by atoms with Crippen LogP contribution in [0.3, 0.4) is 0 Å². The number of ether oxygens (including phenoxy) is 1. The Kier molecular flexibility index (Phi) is 8.25. The molecule has 2 aromatic carbocycles. The van der Waals surface area contributed by atoms with Gasteiger partial charge in [0.15, 0.2) is 0 Å². The largest absolute Gasteiger partial charge is 0.444 e. The molecule has 208 valence electrons. The van der Waals surface area contributed by atoms with Gasteiger partial charge in [0.2, 0.25) is 0 Å². The Morgan fingerprint density at radius 3 is 1.92 bits per heavy atom. The van der Waals surface area contributed by atoms with Gasteiger partial charge in [0.1, 0.15) is 5.60 Å². The molecule has 5 nitrogen and oxygen atoms in total. The molecule has 1 fully saturated rings. The summed E-state index contributed by atoms with van der Waals surface area (Å²) in [6, 6.07) is 4.53. The number of likely N-dealkylation sites (tertiary alicyclic amines) is 1. The molecule has 2 amide bonds. The number of carbonyl (C=O) groups is 2. The van der Waals surface area contributed by atoms with Crippen LogP contribution in [0.4, 0.5) is 31.1 Å². The standard InChI is InChI=1S/C25H24Cl2F6N2O3/c1-23(2,3)38-22(37)35-11-17(13-5-6-18(26)19(27)9-13)20(12-35)34(4)21(36)14-7-15(24(28,29)30)10-16(8-14)25(31,32)33/h5-10,17,20H,11-12H2,1-4H3/t17-,20-/m1/s1. The van der Waals surface area contributed by atoms with Crippen molar-refractivity contribution in [1.82, 2.24) is 9.80 Å². The normalized spacial score (nSPS) is 18.5. The molecule has 3 rings (SSSR count). The highest BCUT2D eigenvalue weighted by Gasteiger charge is 2.43. The quantitative estimate of drug-likeness (QED) is 0.351. The van der Waals surface area contributed by atoms with Crippen LogP contribution in [0.1, 0.15) is 53.7 Å². The van der Waals surface area contributed by atoms with Gasteiger partial charge in [-0.3, -0.25) is 4.79 Å². The summed E-state index contributed by atoms with van der Waals surface area (Å²) in [6.07, 6.45) is -10.9. The van der Waals surface area contributed by atoms with Gasteiger partial charge < -0.3 is 14.5 Å². The van der Waals surface area contributed by atoms with Gasteiger partial charge in [0.25, 0.3) is 5.91 Å². The van der Waals surface area contributed by atoms with Crippen LogP contribution in [0.5, 0.6) is 0 Å². The van der Waals surface area contributed by atoms with Crippen molar-refractivity contribution in [3.05, 3.63) is 68.7 Å². The summed E-state index contributed by atoms with van der Waals surface area (Å²) < 4.78 is 85.6. The molecule has 0 spiro atoms. The van der Waals surface area contributed by atoms with Crippen molar-refractivity contribution in [1.29, 1.82) is 0 Å². The van der Waals surface area contributed by atoms with Gasteiger partial charge in [-0.25, -0.2) is 4.79 Å². The second kappa shape index (κ2) is 10.5. The molecule has 2 atom stereocenters. The number of benzene rings is 2. The lowest BCUT2D eigenvalue weighted by molar-refractivity contribution is -0.143. The molecule has 1 heterocycles. The molecule has 38 heavy (non-hydrogen) atoms. The molecular weight excluding hydrogens is 561 g/mol. The van der Waals surface area contributed by atoms with Gasteiger partial charge >= 0.3 is 18.4 Å². The monoisotopic (exact) mass is 584 g/mol. The fourth-order valence-electron chi connectivity index (χ4n) is 4.16. The molecule has 13 heteroatoms. The first-order valence-corrected chi connectivity index (χ1v) is 12.0. The number of alkyl halides is 6. The number of amides is 2. The smallest absolute Gasteiger partial charge is 0.416 e. The van der Waals surface area contributed by atoms with Gasteiger partial charge in [0.05, 0.1) is 27.2 Å². The average Bonchev–Trinajstić information content (AvgIpc) is 3.23. The first kappa shape index (κ1) is 29.9. The van der Waals surface area contributed by atoms with Crippen molar-refractivity contribution < 1.29 is 40.7 Å². The zero-order chi connectivity index (χ0) is 28.8. The van der Waals surface area contributed by atoms with Crippen LogP contribution in [0.25, 0.3) is 0 Å². The molecule has 0 radical (unpaired) electrons.